The number of hydrazine groups is 1. The molecule has 0 bridgehead atoms. The summed E-state index contributed by atoms with van der Waals surface area (Å²) in [6.07, 6.45) is 1.87. The SMILES string of the molecule is CNNc1c(F)c(-c2cc(C)nc(C)n2)cc2c1c(=O)c1c(=O)[nH]sc1n2C1CC1. The molecular weight excluding hydrogens is 407 g/mol. The zero-order valence-electron chi connectivity index (χ0n) is 16.6. The fraction of sp³-hybridized carbons (Fsp3) is 0.300. The van der Waals surface area contributed by atoms with Crippen LogP contribution in [-0.4, -0.2) is 26.0 Å². The average molecular weight is 426 g/mol. The lowest BCUT2D eigenvalue weighted by molar-refractivity contribution is 0.632. The van der Waals surface area contributed by atoms with Gasteiger partial charge in [0, 0.05) is 24.3 Å². The molecule has 3 N–H and O–H groups in total. The van der Waals surface area contributed by atoms with Crippen LogP contribution in [0.1, 0.15) is 30.4 Å². The molecule has 1 aliphatic rings. The van der Waals surface area contributed by atoms with Gasteiger partial charge in [-0.3, -0.25) is 14.0 Å². The molecule has 3 aromatic heterocycles. The van der Waals surface area contributed by atoms with Gasteiger partial charge in [0.1, 0.15) is 16.0 Å². The number of hydrogen-bond acceptors (Lipinski definition) is 7. The van der Waals surface area contributed by atoms with Gasteiger partial charge in [0.15, 0.2) is 5.82 Å². The van der Waals surface area contributed by atoms with Gasteiger partial charge in [-0.05, 0) is 50.4 Å². The van der Waals surface area contributed by atoms with Gasteiger partial charge in [-0.15, -0.1) is 0 Å². The molecule has 0 radical (unpaired) electrons. The Labute approximate surface area is 173 Å². The summed E-state index contributed by atoms with van der Waals surface area (Å²) in [6.45, 7) is 3.58. The van der Waals surface area contributed by atoms with Crippen LogP contribution in [0.2, 0.25) is 0 Å². The van der Waals surface area contributed by atoms with E-state index in [2.05, 4.69) is 25.2 Å². The van der Waals surface area contributed by atoms with Crippen LogP contribution in [0, 0.1) is 19.7 Å². The van der Waals surface area contributed by atoms with Crippen molar-refractivity contribution < 1.29 is 4.39 Å². The first kappa shape index (κ1) is 18.9. The summed E-state index contributed by atoms with van der Waals surface area (Å²) in [5.74, 6) is -0.0775. The van der Waals surface area contributed by atoms with Crippen molar-refractivity contribution in [3.05, 3.63) is 50.0 Å². The molecular formula is C20H19FN6O2S. The standard InChI is InChI=1S/C20H19FN6O2S/c1-8-6-12(24-9(2)23-8)11-7-13-14(17(16(11)21)25-22-3)18(28)15-19(29)26-30-20(15)27(13)10-4-5-10/h6-7,10,22,25H,4-5H2,1-3H3,(H,26,29). The first-order chi connectivity index (χ1) is 14.4. The molecule has 1 fully saturated rings. The lowest BCUT2D eigenvalue weighted by Gasteiger charge is -2.18. The maximum atomic E-state index is 15.7. The monoisotopic (exact) mass is 426 g/mol. The van der Waals surface area contributed by atoms with E-state index in [1.165, 1.54) is 0 Å². The number of aromatic amines is 1. The number of rotatable bonds is 4. The van der Waals surface area contributed by atoms with Crippen molar-refractivity contribution in [1.82, 2.24) is 24.3 Å². The lowest BCUT2D eigenvalue weighted by Crippen LogP contribution is -2.22. The minimum Gasteiger partial charge on any atom is -0.327 e. The zero-order chi connectivity index (χ0) is 21.2. The zero-order valence-corrected chi connectivity index (χ0v) is 17.4. The highest BCUT2D eigenvalue weighted by Gasteiger charge is 2.31. The molecule has 3 heterocycles. The quantitative estimate of drug-likeness (QED) is 0.434. The van der Waals surface area contributed by atoms with Gasteiger partial charge in [0.05, 0.1) is 22.3 Å². The molecule has 30 heavy (non-hydrogen) atoms. The highest BCUT2D eigenvalue weighted by Crippen LogP contribution is 2.42. The Morgan fingerprint density at radius 3 is 2.63 bits per heavy atom. The maximum Gasteiger partial charge on any atom is 0.271 e. The van der Waals surface area contributed by atoms with E-state index in [9.17, 15) is 9.59 Å². The number of nitrogens with zero attached hydrogens (tertiary/aromatic N) is 3. The molecule has 1 aliphatic carbocycles. The van der Waals surface area contributed by atoms with Crippen LogP contribution in [0.4, 0.5) is 10.1 Å². The van der Waals surface area contributed by atoms with Crippen molar-refractivity contribution in [2.24, 2.45) is 0 Å². The van der Waals surface area contributed by atoms with Crippen molar-refractivity contribution in [1.29, 1.82) is 0 Å². The van der Waals surface area contributed by atoms with Gasteiger partial charge in [-0.25, -0.2) is 19.8 Å². The van der Waals surface area contributed by atoms with Crippen molar-refractivity contribution in [2.45, 2.75) is 32.7 Å². The van der Waals surface area contributed by atoms with Crippen LogP contribution in [0.5, 0.6) is 0 Å². The van der Waals surface area contributed by atoms with Gasteiger partial charge < -0.3 is 9.99 Å². The van der Waals surface area contributed by atoms with Crippen LogP contribution in [-0.2, 0) is 0 Å². The number of aromatic nitrogens is 4. The first-order valence-corrected chi connectivity index (χ1v) is 10.4. The number of fused-ring (bicyclic) bond motifs is 2. The van der Waals surface area contributed by atoms with Crippen LogP contribution < -0.4 is 21.8 Å². The molecule has 0 aliphatic heterocycles. The fourth-order valence-corrected chi connectivity index (χ4v) is 4.87. The topological polar surface area (TPSA) is 105 Å². The Balaban J connectivity index is 1.99. The molecule has 0 spiro atoms. The second-order valence-electron chi connectivity index (χ2n) is 7.47. The molecule has 4 aromatic rings. The third-order valence-corrected chi connectivity index (χ3v) is 6.14. The Morgan fingerprint density at radius 1 is 1.20 bits per heavy atom. The minimum absolute atomic E-state index is 0.00539. The Kier molecular flexibility index (Phi) is 4.23. The van der Waals surface area contributed by atoms with Crippen molar-refractivity contribution in [3.63, 3.8) is 0 Å². The van der Waals surface area contributed by atoms with Gasteiger partial charge in [0.2, 0.25) is 5.43 Å². The van der Waals surface area contributed by atoms with E-state index >= 15 is 4.39 Å². The van der Waals surface area contributed by atoms with E-state index in [4.69, 9.17) is 0 Å². The summed E-state index contributed by atoms with van der Waals surface area (Å²) in [4.78, 5) is 34.9. The molecule has 10 heteroatoms. The lowest BCUT2D eigenvalue weighted by atomic mass is 10.0. The third-order valence-electron chi connectivity index (χ3n) is 5.26. The minimum atomic E-state index is -0.611. The maximum absolute atomic E-state index is 15.7. The van der Waals surface area contributed by atoms with Gasteiger partial charge in [0.25, 0.3) is 5.56 Å². The van der Waals surface area contributed by atoms with Crippen molar-refractivity contribution in [2.75, 3.05) is 12.5 Å². The summed E-state index contributed by atoms with van der Waals surface area (Å²) in [7, 11) is 1.59. The second-order valence-corrected chi connectivity index (χ2v) is 8.26. The molecule has 0 amide bonds. The number of hydrogen-bond donors (Lipinski definition) is 3. The van der Waals surface area contributed by atoms with Gasteiger partial charge >= 0.3 is 0 Å². The van der Waals surface area contributed by atoms with E-state index in [0.717, 1.165) is 30.1 Å². The smallest absolute Gasteiger partial charge is 0.271 e. The number of aryl methyl sites for hydroxylation is 2. The number of H-pyrrole nitrogens is 1. The van der Waals surface area contributed by atoms with Crippen LogP contribution >= 0.6 is 11.5 Å². The highest BCUT2D eigenvalue weighted by molar-refractivity contribution is 7.12. The number of halogens is 1. The average Bonchev–Trinajstić information content (AvgIpc) is 3.45. The van der Waals surface area contributed by atoms with Crippen LogP contribution in [0.15, 0.2) is 21.7 Å². The number of nitrogens with one attached hydrogen (secondary N) is 3. The van der Waals surface area contributed by atoms with E-state index in [1.807, 2.05) is 11.5 Å². The van der Waals surface area contributed by atoms with Crippen molar-refractivity contribution in [3.8, 4) is 11.3 Å². The Hall–Kier alpha value is -3.11. The van der Waals surface area contributed by atoms with Crippen LogP contribution in [0.25, 0.3) is 32.4 Å². The summed E-state index contributed by atoms with van der Waals surface area (Å²) in [5.41, 5.74) is 6.56. The van der Waals surface area contributed by atoms with Crippen LogP contribution in [0.3, 0.4) is 0 Å². The molecule has 0 saturated heterocycles. The number of benzene rings is 1. The van der Waals surface area contributed by atoms with E-state index < -0.39 is 16.8 Å². The number of anilines is 1. The molecule has 5 rings (SSSR count). The van der Waals surface area contributed by atoms with Crippen molar-refractivity contribution >= 4 is 38.3 Å². The van der Waals surface area contributed by atoms with E-state index in [0.29, 0.717) is 21.9 Å². The Morgan fingerprint density at radius 2 is 1.97 bits per heavy atom. The van der Waals surface area contributed by atoms with Gasteiger partial charge in [-0.2, -0.15) is 0 Å². The molecule has 0 atom stereocenters. The highest BCUT2D eigenvalue weighted by atomic mass is 32.1. The fourth-order valence-electron chi connectivity index (χ4n) is 3.94. The third kappa shape index (κ3) is 2.75. The predicted molar refractivity (Wildman–Crippen MR) is 116 cm³/mol. The van der Waals surface area contributed by atoms with Gasteiger partial charge in [-0.1, -0.05) is 0 Å². The molecule has 8 nitrogen and oxygen atoms in total. The normalized spacial score (nSPS) is 14.0. The summed E-state index contributed by atoms with van der Waals surface area (Å²) >= 11 is 1.14. The summed E-state index contributed by atoms with van der Waals surface area (Å²) in [5, 5.41) is 0.218. The second kappa shape index (κ2) is 6.71. The summed E-state index contributed by atoms with van der Waals surface area (Å²) in [6, 6.07) is 3.54. The molecule has 154 valence electrons. The number of pyridine rings is 1. The largest absolute Gasteiger partial charge is 0.327 e. The molecule has 1 aromatic carbocycles. The molecule has 0 unspecified atom stereocenters. The van der Waals surface area contributed by atoms with E-state index in [-0.39, 0.29) is 28.1 Å². The summed E-state index contributed by atoms with van der Waals surface area (Å²) < 4.78 is 20.3. The molecule has 1 saturated carbocycles. The predicted octanol–water partition coefficient (Wildman–Crippen LogP) is 3.00. The van der Waals surface area contributed by atoms with E-state index in [1.54, 1.807) is 26.1 Å². The Bertz CT molecular complexity index is 1430. The first-order valence-electron chi connectivity index (χ1n) is 9.58.